The fourth-order valence-electron chi connectivity index (χ4n) is 2.60. The van der Waals surface area contributed by atoms with Crippen LogP contribution in [0.3, 0.4) is 0 Å². The van der Waals surface area contributed by atoms with E-state index in [2.05, 4.69) is 26.1 Å². The number of benzene rings is 1. The fraction of sp³-hybridized carbons (Fsp3) is 0.571. The highest BCUT2D eigenvalue weighted by atomic mass is 79.9. The van der Waals surface area contributed by atoms with Gasteiger partial charge in [0.05, 0.1) is 0 Å². The molecule has 1 aromatic rings. The maximum Gasteiger partial charge on any atom is 0.128 e. The van der Waals surface area contributed by atoms with Crippen molar-refractivity contribution in [3.05, 3.63) is 34.1 Å². The van der Waals surface area contributed by atoms with E-state index in [1.54, 1.807) is 6.07 Å². The third-order valence-electron chi connectivity index (χ3n) is 3.58. The van der Waals surface area contributed by atoms with Gasteiger partial charge < -0.3 is 5.32 Å². The van der Waals surface area contributed by atoms with Crippen molar-refractivity contribution in [1.29, 1.82) is 0 Å². The Morgan fingerprint density at radius 3 is 3.00 bits per heavy atom. The zero-order valence-corrected chi connectivity index (χ0v) is 12.3. The summed E-state index contributed by atoms with van der Waals surface area (Å²) in [6, 6.07) is 5.87. The molecule has 0 bridgehead atoms. The maximum absolute atomic E-state index is 13.8. The summed E-state index contributed by atoms with van der Waals surface area (Å²) in [5.41, 5.74) is 0.793. The number of hydrogen-bond acceptors (Lipinski definition) is 2. The third kappa shape index (κ3) is 3.53. The molecule has 1 aliphatic heterocycles. The summed E-state index contributed by atoms with van der Waals surface area (Å²) in [4.78, 5) is 2.40. The van der Waals surface area contributed by atoms with Gasteiger partial charge in [-0.1, -0.05) is 28.4 Å². The van der Waals surface area contributed by atoms with Crippen LogP contribution >= 0.6 is 15.9 Å². The fourth-order valence-corrected chi connectivity index (χ4v) is 2.94. The number of hydrogen-bond donors (Lipinski definition) is 1. The highest BCUT2D eigenvalue weighted by Crippen LogP contribution is 2.22. The number of nitrogens with zero attached hydrogens (tertiary/aromatic N) is 1. The molecule has 1 aliphatic rings. The molecule has 0 radical (unpaired) electrons. The van der Waals surface area contributed by atoms with Crippen LogP contribution in [0.15, 0.2) is 22.7 Å². The number of piperidine rings is 1. The van der Waals surface area contributed by atoms with Crippen molar-refractivity contribution < 1.29 is 4.39 Å². The van der Waals surface area contributed by atoms with Crippen LogP contribution in [0.1, 0.15) is 24.8 Å². The Kier molecular flexibility index (Phi) is 5.15. The van der Waals surface area contributed by atoms with Crippen LogP contribution in [-0.2, 0) is 6.54 Å². The van der Waals surface area contributed by atoms with Gasteiger partial charge in [0.15, 0.2) is 0 Å². The van der Waals surface area contributed by atoms with E-state index in [0.29, 0.717) is 12.6 Å². The normalized spacial score (nSPS) is 21.2. The number of nitrogens with one attached hydrogen (secondary N) is 1. The van der Waals surface area contributed by atoms with Gasteiger partial charge in [0.1, 0.15) is 5.82 Å². The maximum atomic E-state index is 13.8. The lowest BCUT2D eigenvalue weighted by Crippen LogP contribution is -2.44. The van der Waals surface area contributed by atoms with Crippen LogP contribution in [0.2, 0.25) is 0 Å². The number of halogens is 2. The summed E-state index contributed by atoms with van der Waals surface area (Å²) in [5.74, 6) is -0.113. The lowest BCUT2D eigenvalue weighted by Gasteiger charge is -2.35. The first kappa shape index (κ1) is 14.0. The lowest BCUT2D eigenvalue weighted by molar-refractivity contribution is 0.137. The predicted octanol–water partition coefficient (Wildman–Crippen LogP) is 3.16. The summed E-state index contributed by atoms with van der Waals surface area (Å²) >= 11 is 3.29. The van der Waals surface area contributed by atoms with Gasteiger partial charge in [0, 0.05) is 29.2 Å². The van der Waals surface area contributed by atoms with Gasteiger partial charge in [-0.3, -0.25) is 4.90 Å². The van der Waals surface area contributed by atoms with E-state index in [0.717, 1.165) is 23.1 Å². The molecule has 0 aliphatic carbocycles. The molecule has 4 heteroatoms. The molecule has 1 fully saturated rings. The first-order valence-electron chi connectivity index (χ1n) is 6.53. The molecule has 1 saturated heterocycles. The highest BCUT2D eigenvalue weighted by Gasteiger charge is 2.22. The number of likely N-dealkylation sites (tertiary alicyclic amines) is 1. The summed E-state index contributed by atoms with van der Waals surface area (Å²) in [5, 5.41) is 3.23. The monoisotopic (exact) mass is 314 g/mol. The van der Waals surface area contributed by atoms with E-state index >= 15 is 0 Å². The van der Waals surface area contributed by atoms with Crippen molar-refractivity contribution in [3.8, 4) is 0 Å². The second kappa shape index (κ2) is 6.64. The van der Waals surface area contributed by atoms with Crippen molar-refractivity contribution >= 4 is 15.9 Å². The molecule has 0 aromatic heterocycles. The molecular weight excluding hydrogens is 295 g/mol. The molecule has 2 nitrogen and oxygen atoms in total. The minimum Gasteiger partial charge on any atom is -0.318 e. The molecular formula is C14H20BrFN2. The molecule has 1 N–H and O–H groups in total. The topological polar surface area (TPSA) is 15.3 Å². The van der Waals surface area contributed by atoms with E-state index in [-0.39, 0.29) is 5.82 Å². The number of likely N-dealkylation sites (N-methyl/N-ethyl adjacent to an activating group) is 1. The van der Waals surface area contributed by atoms with Crippen LogP contribution in [0.4, 0.5) is 4.39 Å². The minimum atomic E-state index is -0.113. The smallest absolute Gasteiger partial charge is 0.128 e. The Morgan fingerprint density at radius 2 is 2.28 bits per heavy atom. The zero-order chi connectivity index (χ0) is 13.0. The van der Waals surface area contributed by atoms with Gasteiger partial charge in [-0.05, 0) is 38.6 Å². The van der Waals surface area contributed by atoms with Gasteiger partial charge in [0.2, 0.25) is 0 Å². The molecule has 18 heavy (non-hydrogen) atoms. The van der Waals surface area contributed by atoms with Gasteiger partial charge in [-0.25, -0.2) is 4.39 Å². The Hall–Kier alpha value is -0.450. The van der Waals surface area contributed by atoms with E-state index in [1.165, 1.54) is 19.3 Å². The molecule has 1 atom stereocenters. The molecule has 100 valence electrons. The van der Waals surface area contributed by atoms with Crippen molar-refractivity contribution in [3.63, 3.8) is 0 Å². The lowest BCUT2D eigenvalue weighted by atomic mass is 10.0. The number of rotatable bonds is 4. The Balaban J connectivity index is 2.06. The third-order valence-corrected chi connectivity index (χ3v) is 4.07. The van der Waals surface area contributed by atoms with Crippen LogP contribution in [-0.4, -0.2) is 31.1 Å². The predicted molar refractivity (Wildman–Crippen MR) is 76.1 cm³/mol. The molecule has 2 rings (SSSR count). The van der Waals surface area contributed by atoms with E-state index in [9.17, 15) is 4.39 Å². The van der Waals surface area contributed by atoms with Gasteiger partial charge >= 0.3 is 0 Å². The van der Waals surface area contributed by atoms with E-state index < -0.39 is 0 Å². The van der Waals surface area contributed by atoms with Crippen molar-refractivity contribution in [1.82, 2.24) is 10.2 Å². The minimum absolute atomic E-state index is 0.113. The molecule has 0 spiro atoms. The van der Waals surface area contributed by atoms with Gasteiger partial charge in [-0.2, -0.15) is 0 Å². The molecule has 1 unspecified atom stereocenters. The quantitative estimate of drug-likeness (QED) is 0.918. The van der Waals surface area contributed by atoms with Crippen molar-refractivity contribution in [2.75, 3.05) is 20.1 Å². The largest absolute Gasteiger partial charge is 0.318 e. The highest BCUT2D eigenvalue weighted by molar-refractivity contribution is 9.10. The Bertz CT molecular complexity index is 395. The van der Waals surface area contributed by atoms with Gasteiger partial charge in [-0.15, -0.1) is 0 Å². The van der Waals surface area contributed by atoms with Crippen molar-refractivity contribution in [2.24, 2.45) is 0 Å². The zero-order valence-electron chi connectivity index (χ0n) is 10.8. The van der Waals surface area contributed by atoms with Crippen molar-refractivity contribution in [2.45, 2.75) is 31.8 Å². The first-order valence-corrected chi connectivity index (χ1v) is 7.32. The van der Waals surface area contributed by atoms with Crippen LogP contribution in [0.5, 0.6) is 0 Å². The summed E-state index contributed by atoms with van der Waals surface area (Å²) in [6.07, 6.45) is 3.71. The average Bonchev–Trinajstić information content (AvgIpc) is 2.35. The van der Waals surface area contributed by atoms with Gasteiger partial charge in [0.25, 0.3) is 0 Å². The second-order valence-corrected chi connectivity index (χ2v) is 5.83. The van der Waals surface area contributed by atoms with E-state index in [1.807, 2.05) is 19.2 Å². The van der Waals surface area contributed by atoms with Crippen LogP contribution in [0.25, 0.3) is 0 Å². The average molecular weight is 315 g/mol. The Morgan fingerprint density at radius 1 is 1.44 bits per heavy atom. The summed E-state index contributed by atoms with van der Waals surface area (Å²) in [6.45, 7) is 2.77. The summed E-state index contributed by atoms with van der Waals surface area (Å²) in [7, 11) is 1.98. The van der Waals surface area contributed by atoms with E-state index in [4.69, 9.17) is 0 Å². The summed E-state index contributed by atoms with van der Waals surface area (Å²) < 4.78 is 14.6. The molecule has 1 aromatic carbocycles. The SMILES string of the molecule is CNCC1CCCCN1Cc1ccc(Br)cc1F. The van der Waals surface area contributed by atoms with Crippen LogP contribution in [0, 0.1) is 5.82 Å². The Labute approximate surface area is 117 Å². The first-order chi connectivity index (χ1) is 8.70. The standard InChI is InChI=1S/C14H20BrFN2/c1-17-9-13-4-2-3-7-18(13)10-11-5-6-12(15)8-14(11)16/h5-6,8,13,17H,2-4,7,9-10H2,1H3. The molecule has 0 saturated carbocycles. The second-order valence-electron chi connectivity index (χ2n) is 4.91. The molecule has 0 amide bonds. The van der Waals surface area contributed by atoms with Crippen LogP contribution < -0.4 is 5.32 Å². The molecule has 1 heterocycles.